The predicted octanol–water partition coefficient (Wildman–Crippen LogP) is 2.41. The first-order valence-electron chi connectivity index (χ1n) is 9.42. The normalized spacial score (nSPS) is 14.3. The highest BCUT2D eigenvalue weighted by Crippen LogP contribution is 2.30. The SMILES string of the molecule is Cc1ccnc(-c2n[nH]c(C(C)NC(=O)c3ccnc(NC(=O)C4CC4)c3)n2)c1. The maximum Gasteiger partial charge on any atom is 0.252 e. The molecule has 0 bridgehead atoms. The lowest BCUT2D eigenvalue weighted by molar-refractivity contribution is -0.117. The Bertz CT molecular complexity index is 1060. The number of anilines is 1. The summed E-state index contributed by atoms with van der Waals surface area (Å²) in [5.41, 5.74) is 2.12. The van der Waals surface area contributed by atoms with E-state index >= 15 is 0 Å². The van der Waals surface area contributed by atoms with Crippen molar-refractivity contribution in [1.82, 2.24) is 30.5 Å². The zero-order chi connectivity index (χ0) is 20.4. The number of rotatable bonds is 6. The fourth-order valence-corrected chi connectivity index (χ4v) is 2.80. The third-order valence-corrected chi connectivity index (χ3v) is 4.63. The maximum absolute atomic E-state index is 12.6. The number of carbonyl (C=O) groups excluding carboxylic acids is 2. The van der Waals surface area contributed by atoms with E-state index in [9.17, 15) is 9.59 Å². The van der Waals surface area contributed by atoms with Gasteiger partial charge in [-0.2, -0.15) is 5.10 Å². The summed E-state index contributed by atoms with van der Waals surface area (Å²) in [5.74, 6) is 1.08. The molecule has 2 amide bonds. The Balaban J connectivity index is 1.42. The second-order valence-corrected chi connectivity index (χ2v) is 7.15. The molecule has 3 heterocycles. The number of hydrogen-bond donors (Lipinski definition) is 3. The van der Waals surface area contributed by atoms with Crippen LogP contribution < -0.4 is 10.6 Å². The van der Waals surface area contributed by atoms with Crippen LogP contribution in [0.2, 0.25) is 0 Å². The van der Waals surface area contributed by atoms with Gasteiger partial charge in [0.1, 0.15) is 17.3 Å². The first-order chi connectivity index (χ1) is 14.0. The highest BCUT2D eigenvalue weighted by molar-refractivity contribution is 5.97. The van der Waals surface area contributed by atoms with Crippen LogP contribution in [0.3, 0.4) is 0 Å². The molecule has 0 aliphatic heterocycles. The van der Waals surface area contributed by atoms with Gasteiger partial charge in [0.2, 0.25) is 5.91 Å². The van der Waals surface area contributed by atoms with Crippen molar-refractivity contribution in [3.05, 3.63) is 53.6 Å². The van der Waals surface area contributed by atoms with Gasteiger partial charge >= 0.3 is 0 Å². The molecule has 0 aromatic carbocycles. The smallest absolute Gasteiger partial charge is 0.252 e. The van der Waals surface area contributed by atoms with Crippen LogP contribution in [0.4, 0.5) is 5.82 Å². The lowest BCUT2D eigenvalue weighted by Gasteiger charge is -2.11. The van der Waals surface area contributed by atoms with Gasteiger partial charge in [-0.1, -0.05) is 0 Å². The van der Waals surface area contributed by atoms with E-state index in [2.05, 4.69) is 35.8 Å². The van der Waals surface area contributed by atoms with Crippen LogP contribution in [0.15, 0.2) is 36.7 Å². The van der Waals surface area contributed by atoms with Crippen LogP contribution in [0.1, 0.15) is 47.6 Å². The van der Waals surface area contributed by atoms with Gasteiger partial charge in [-0.25, -0.2) is 9.97 Å². The van der Waals surface area contributed by atoms with E-state index in [0.717, 1.165) is 18.4 Å². The van der Waals surface area contributed by atoms with Crippen molar-refractivity contribution in [3.8, 4) is 11.5 Å². The van der Waals surface area contributed by atoms with Crippen LogP contribution in [0.5, 0.6) is 0 Å². The van der Waals surface area contributed by atoms with Crippen LogP contribution in [-0.4, -0.2) is 37.0 Å². The number of nitrogens with one attached hydrogen (secondary N) is 3. The minimum atomic E-state index is -0.397. The predicted molar refractivity (Wildman–Crippen MR) is 106 cm³/mol. The number of amides is 2. The van der Waals surface area contributed by atoms with Crippen LogP contribution in [0, 0.1) is 12.8 Å². The summed E-state index contributed by atoms with van der Waals surface area (Å²) < 4.78 is 0. The lowest BCUT2D eigenvalue weighted by Crippen LogP contribution is -2.27. The molecule has 0 saturated heterocycles. The Morgan fingerprint density at radius 2 is 1.97 bits per heavy atom. The van der Waals surface area contributed by atoms with Gasteiger partial charge in [-0.15, -0.1) is 0 Å². The summed E-state index contributed by atoms with van der Waals surface area (Å²) in [6, 6.07) is 6.55. The molecule has 3 N–H and O–H groups in total. The Kier molecular flexibility index (Phi) is 5.03. The molecule has 0 radical (unpaired) electrons. The van der Waals surface area contributed by atoms with Gasteiger partial charge in [0.15, 0.2) is 5.82 Å². The van der Waals surface area contributed by atoms with E-state index in [0.29, 0.717) is 28.7 Å². The highest BCUT2D eigenvalue weighted by Gasteiger charge is 2.29. The van der Waals surface area contributed by atoms with Crippen LogP contribution in [0.25, 0.3) is 11.5 Å². The minimum Gasteiger partial charge on any atom is -0.342 e. The maximum atomic E-state index is 12.6. The first kappa shape index (κ1) is 18.7. The van der Waals surface area contributed by atoms with Gasteiger partial charge in [-0.05, 0) is 56.5 Å². The van der Waals surface area contributed by atoms with Crippen molar-refractivity contribution in [1.29, 1.82) is 0 Å². The van der Waals surface area contributed by atoms with E-state index in [-0.39, 0.29) is 17.7 Å². The van der Waals surface area contributed by atoms with E-state index in [4.69, 9.17) is 0 Å². The molecule has 148 valence electrons. The summed E-state index contributed by atoms with van der Waals surface area (Å²) in [7, 11) is 0. The standard InChI is InChI=1S/C20H21N7O2/c1-11-5-7-21-15(9-11)18-25-17(26-27-18)12(2)23-20(29)14-6-8-22-16(10-14)24-19(28)13-3-4-13/h5-10,12-13H,3-4H2,1-2H3,(H,23,29)(H,22,24,28)(H,25,26,27). The molecule has 1 aliphatic carbocycles. The number of aromatic nitrogens is 5. The zero-order valence-corrected chi connectivity index (χ0v) is 16.1. The lowest BCUT2D eigenvalue weighted by atomic mass is 10.2. The molecule has 1 unspecified atom stereocenters. The first-order valence-corrected chi connectivity index (χ1v) is 9.42. The van der Waals surface area contributed by atoms with Gasteiger partial charge in [0.25, 0.3) is 5.91 Å². The molecular formula is C20H21N7O2. The highest BCUT2D eigenvalue weighted by atomic mass is 16.2. The number of nitrogens with zero attached hydrogens (tertiary/aromatic N) is 4. The number of aryl methyl sites for hydroxylation is 1. The zero-order valence-electron chi connectivity index (χ0n) is 16.1. The topological polar surface area (TPSA) is 126 Å². The summed E-state index contributed by atoms with van der Waals surface area (Å²) in [5, 5.41) is 12.7. The van der Waals surface area contributed by atoms with Crippen molar-refractivity contribution in [3.63, 3.8) is 0 Å². The molecule has 3 aromatic rings. The largest absolute Gasteiger partial charge is 0.342 e. The van der Waals surface area contributed by atoms with E-state index in [1.165, 1.54) is 6.20 Å². The average Bonchev–Trinajstić information content (AvgIpc) is 3.44. The fourth-order valence-electron chi connectivity index (χ4n) is 2.80. The Labute approximate surface area is 167 Å². The number of pyridine rings is 2. The Morgan fingerprint density at radius 3 is 2.72 bits per heavy atom. The fraction of sp³-hybridized carbons (Fsp3) is 0.300. The summed E-state index contributed by atoms with van der Waals surface area (Å²) in [4.78, 5) is 37.3. The van der Waals surface area contributed by atoms with Gasteiger partial charge in [0, 0.05) is 23.9 Å². The molecule has 1 atom stereocenters. The summed E-state index contributed by atoms with van der Waals surface area (Å²) >= 11 is 0. The second-order valence-electron chi connectivity index (χ2n) is 7.15. The van der Waals surface area contributed by atoms with Crippen molar-refractivity contribution < 1.29 is 9.59 Å². The van der Waals surface area contributed by atoms with Crippen molar-refractivity contribution in [2.24, 2.45) is 5.92 Å². The molecule has 1 saturated carbocycles. The van der Waals surface area contributed by atoms with E-state index in [1.54, 1.807) is 18.3 Å². The number of hydrogen-bond acceptors (Lipinski definition) is 6. The van der Waals surface area contributed by atoms with Crippen LogP contribution >= 0.6 is 0 Å². The number of carbonyl (C=O) groups is 2. The molecule has 29 heavy (non-hydrogen) atoms. The molecular weight excluding hydrogens is 370 g/mol. The number of aromatic amines is 1. The van der Waals surface area contributed by atoms with E-state index in [1.807, 2.05) is 26.0 Å². The molecule has 0 spiro atoms. The average molecular weight is 391 g/mol. The molecule has 1 fully saturated rings. The molecule has 9 heteroatoms. The third-order valence-electron chi connectivity index (χ3n) is 4.63. The number of H-pyrrole nitrogens is 1. The quantitative estimate of drug-likeness (QED) is 0.592. The minimum absolute atomic E-state index is 0.0534. The molecule has 3 aromatic heterocycles. The van der Waals surface area contributed by atoms with Crippen molar-refractivity contribution in [2.45, 2.75) is 32.7 Å². The summed E-state index contributed by atoms with van der Waals surface area (Å²) in [6.45, 7) is 3.78. The molecule has 4 rings (SSSR count). The summed E-state index contributed by atoms with van der Waals surface area (Å²) in [6.07, 6.45) is 5.01. The van der Waals surface area contributed by atoms with Crippen molar-refractivity contribution >= 4 is 17.6 Å². The van der Waals surface area contributed by atoms with Crippen molar-refractivity contribution in [2.75, 3.05) is 5.32 Å². The third kappa shape index (κ3) is 4.45. The Hall–Kier alpha value is -3.62. The van der Waals surface area contributed by atoms with Crippen LogP contribution in [-0.2, 0) is 4.79 Å². The van der Waals surface area contributed by atoms with Gasteiger partial charge in [0.05, 0.1) is 6.04 Å². The Morgan fingerprint density at radius 1 is 1.17 bits per heavy atom. The molecule has 9 nitrogen and oxygen atoms in total. The monoisotopic (exact) mass is 391 g/mol. The van der Waals surface area contributed by atoms with Gasteiger partial charge < -0.3 is 10.6 Å². The van der Waals surface area contributed by atoms with E-state index < -0.39 is 6.04 Å². The second kappa shape index (κ2) is 7.78. The molecule has 1 aliphatic rings. The van der Waals surface area contributed by atoms with Gasteiger partial charge in [-0.3, -0.25) is 19.7 Å².